The first-order valence-electron chi connectivity index (χ1n) is 8.58. The summed E-state index contributed by atoms with van der Waals surface area (Å²) < 4.78 is 0. The second-order valence-electron chi connectivity index (χ2n) is 6.43. The molecule has 0 atom stereocenters. The van der Waals surface area contributed by atoms with Gasteiger partial charge in [-0.3, -0.25) is 9.69 Å². The highest BCUT2D eigenvalue weighted by Gasteiger charge is 2.32. The van der Waals surface area contributed by atoms with Gasteiger partial charge in [-0.15, -0.1) is 18.3 Å². The lowest BCUT2D eigenvalue weighted by molar-refractivity contribution is -0.118. The Bertz CT molecular complexity index is 548. The fraction of sp³-hybridized carbons (Fsp3) is 0.526. The Hall–Kier alpha value is -1.30. The predicted octanol–water partition coefficient (Wildman–Crippen LogP) is 3.39. The molecule has 132 valence electrons. The monoisotopic (exact) mass is 348 g/mol. The number of amides is 1. The van der Waals surface area contributed by atoms with E-state index >= 15 is 0 Å². The fourth-order valence-corrected chi connectivity index (χ4v) is 3.79. The summed E-state index contributed by atoms with van der Waals surface area (Å²) in [6.45, 7) is 8.27. The van der Waals surface area contributed by atoms with Crippen molar-refractivity contribution in [1.29, 1.82) is 0 Å². The summed E-state index contributed by atoms with van der Waals surface area (Å²) >= 11 is 1.67. The third-order valence-corrected chi connectivity index (χ3v) is 5.96. The lowest BCUT2D eigenvalue weighted by atomic mass is 9.77. The molecule has 1 heterocycles. The average Bonchev–Trinajstić information content (AvgIpc) is 2.62. The molecule has 24 heavy (non-hydrogen) atoms. The quantitative estimate of drug-likeness (QED) is 0.558. The van der Waals surface area contributed by atoms with Crippen molar-refractivity contribution in [3.63, 3.8) is 0 Å². The maximum absolute atomic E-state index is 12.4. The molecule has 1 saturated heterocycles. The van der Waals surface area contributed by atoms with Crippen molar-refractivity contribution >= 4 is 23.4 Å². The Morgan fingerprint density at radius 3 is 2.75 bits per heavy atom. The summed E-state index contributed by atoms with van der Waals surface area (Å²) in [5.41, 5.74) is 0.922. The van der Waals surface area contributed by atoms with Crippen LogP contribution in [0.4, 0.5) is 5.69 Å². The SMILES string of the molecule is C=CCSc1ccccc1NC(=O)CN1CCC(CC)(CO)CC1. The van der Waals surface area contributed by atoms with E-state index in [4.69, 9.17) is 0 Å². The normalized spacial score (nSPS) is 17.4. The summed E-state index contributed by atoms with van der Waals surface area (Å²) in [5, 5.41) is 12.6. The minimum absolute atomic E-state index is 0.0228. The van der Waals surface area contributed by atoms with Gasteiger partial charge in [-0.05, 0) is 49.9 Å². The summed E-state index contributed by atoms with van der Waals surface area (Å²) in [4.78, 5) is 15.6. The van der Waals surface area contributed by atoms with Crippen LogP contribution in [0.25, 0.3) is 0 Å². The van der Waals surface area contributed by atoms with E-state index in [1.807, 2.05) is 30.3 Å². The molecular weight excluding hydrogens is 320 g/mol. The standard InChI is InChI=1S/C19H28N2O2S/c1-3-13-24-17-8-6-5-7-16(17)20-18(23)14-21-11-9-19(4-2,15-22)10-12-21/h3,5-8,22H,1,4,9-15H2,2H3,(H,20,23). The number of nitrogens with zero attached hydrogens (tertiary/aromatic N) is 1. The summed E-state index contributed by atoms with van der Waals surface area (Å²) in [6.07, 6.45) is 4.77. The molecule has 4 nitrogen and oxygen atoms in total. The molecular formula is C19H28N2O2S. The number of nitrogens with one attached hydrogen (secondary N) is 1. The Morgan fingerprint density at radius 1 is 1.42 bits per heavy atom. The van der Waals surface area contributed by atoms with E-state index in [1.165, 1.54) is 0 Å². The molecule has 2 N–H and O–H groups in total. The van der Waals surface area contributed by atoms with Crippen LogP contribution in [0.5, 0.6) is 0 Å². The molecule has 0 aliphatic carbocycles. The number of hydrogen-bond donors (Lipinski definition) is 2. The molecule has 5 heteroatoms. The van der Waals surface area contributed by atoms with E-state index in [2.05, 4.69) is 23.7 Å². The van der Waals surface area contributed by atoms with E-state index in [-0.39, 0.29) is 17.9 Å². The third kappa shape index (κ3) is 5.10. The van der Waals surface area contributed by atoms with Crippen LogP contribution in [0.3, 0.4) is 0 Å². The highest BCUT2D eigenvalue weighted by molar-refractivity contribution is 7.99. The average molecular weight is 349 g/mol. The molecule has 0 spiro atoms. The number of para-hydroxylation sites is 1. The second-order valence-corrected chi connectivity index (χ2v) is 7.49. The summed E-state index contributed by atoms with van der Waals surface area (Å²) in [5.74, 6) is 0.842. The zero-order chi connectivity index (χ0) is 17.4. The number of benzene rings is 1. The first-order valence-corrected chi connectivity index (χ1v) is 9.57. The Morgan fingerprint density at radius 2 is 2.12 bits per heavy atom. The predicted molar refractivity (Wildman–Crippen MR) is 101 cm³/mol. The lowest BCUT2D eigenvalue weighted by Gasteiger charge is -2.39. The van der Waals surface area contributed by atoms with Gasteiger partial charge in [-0.2, -0.15) is 0 Å². The van der Waals surface area contributed by atoms with Crippen molar-refractivity contribution in [3.8, 4) is 0 Å². The largest absolute Gasteiger partial charge is 0.396 e. The number of hydrogen-bond acceptors (Lipinski definition) is 4. The molecule has 1 amide bonds. The zero-order valence-corrected chi connectivity index (χ0v) is 15.3. The molecule has 0 radical (unpaired) electrons. The Labute approximate surface area is 149 Å². The summed E-state index contributed by atoms with van der Waals surface area (Å²) in [7, 11) is 0. The number of likely N-dealkylation sites (tertiary alicyclic amines) is 1. The summed E-state index contributed by atoms with van der Waals surface area (Å²) in [6, 6.07) is 7.87. The molecule has 0 unspecified atom stereocenters. The van der Waals surface area contributed by atoms with Crippen molar-refractivity contribution in [2.75, 3.05) is 37.3 Å². The molecule has 1 aliphatic heterocycles. The van der Waals surface area contributed by atoms with Crippen LogP contribution in [0.15, 0.2) is 41.8 Å². The molecule has 1 aliphatic rings. The van der Waals surface area contributed by atoms with Crippen molar-refractivity contribution < 1.29 is 9.90 Å². The Balaban J connectivity index is 1.87. The maximum atomic E-state index is 12.4. The van der Waals surface area contributed by atoms with Crippen molar-refractivity contribution in [1.82, 2.24) is 4.90 Å². The van der Waals surface area contributed by atoms with Crippen LogP contribution in [0.1, 0.15) is 26.2 Å². The van der Waals surface area contributed by atoms with E-state index in [0.29, 0.717) is 6.54 Å². The smallest absolute Gasteiger partial charge is 0.238 e. The number of rotatable bonds is 8. The van der Waals surface area contributed by atoms with Gasteiger partial charge in [0.25, 0.3) is 0 Å². The van der Waals surface area contributed by atoms with Crippen LogP contribution in [0, 0.1) is 5.41 Å². The van der Waals surface area contributed by atoms with Crippen molar-refractivity contribution in [2.24, 2.45) is 5.41 Å². The lowest BCUT2D eigenvalue weighted by Crippen LogP contribution is -2.44. The zero-order valence-electron chi connectivity index (χ0n) is 14.5. The second kappa shape index (κ2) is 9.25. The minimum atomic E-state index is 0.0228. The highest BCUT2D eigenvalue weighted by atomic mass is 32.2. The molecule has 1 aromatic carbocycles. The van der Waals surface area contributed by atoms with Crippen molar-refractivity contribution in [2.45, 2.75) is 31.1 Å². The van der Waals surface area contributed by atoms with Crippen LogP contribution in [-0.2, 0) is 4.79 Å². The van der Waals surface area contributed by atoms with Crippen LogP contribution >= 0.6 is 11.8 Å². The topological polar surface area (TPSA) is 52.6 Å². The number of carbonyl (C=O) groups is 1. The first-order chi connectivity index (χ1) is 11.6. The minimum Gasteiger partial charge on any atom is -0.396 e. The first kappa shape index (κ1) is 19.0. The Kier molecular flexibility index (Phi) is 7.34. The van der Waals surface area contributed by atoms with E-state index in [0.717, 1.165) is 48.7 Å². The van der Waals surface area contributed by atoms with Crippen LogP contribution < -0.4 is 5.32 Å². The number of thioether (sulfide) groups is 1. The number of piperidine rings is 1. The fourth-order valence-electron chi connectivity index (χ4n) is 3.05. The van der Waals surface area contributed by atoms with Gasteiger partial charge in [0.2, 0.25) is 5.91 Å². The number of anilines is 1. The number of carbonyl (C=O) groups excluding carboxylic acids is 1. The third-order valence-electron chi connectivity index (χ3n) is 4.89. The van der Waals surface area contributed by atoms with Gasteiger partial charge in [0, 0.05) is 17.3 Å². The number of aliphatic hydroxyl groups is 1. The van der Waals surface area contributed by atoms with Gasteiger partial charge in [0.15, 0.2) is 0 Å². The van der Waals surface area contributed by atoms with Gasteiger partial charge in [-0.25, -0.2) is 0 Å². The van der Waals surface area contributed by atoms with Crippen molar-refractivity contribution in [3.05, 3.63) is 36.9 Å². The molecule has 2 rings (SSSR count). The molecule has 1 aromatic rings. The molecule has 0 aromatic heterocycles. The number of aliphatic hydroxyl groups excluding tert-OH is 1. The maximum Gasteiger partial charge on any atom is 0.238 e. The van der Waals surface area contributed by atoms with E-state index in [9.17, 15) is 9.90 Å². The van der Waals surface area contributed by atoms with Gasteiger partial charge in [0.1, 0.15) is 0 Å². The van der Waals surface area contributed by atoms with Gasteiger partial charge in [-0.1, -0.05) is 25.1 Å². The van der Waals surface area contributed by atoms with Crippen LogP contribution in [-0.4, -0.2) is 47.9 Å². The molecule has 1 fully saturated rings. The van der Waals surface area contributed by atoms with Gasteiger partial charge < -0.3 is 10.4 Å². The van der Waals surface area contributed by atoms with Gasteiger partial charge in [0.05, 0.1) is 12.2 Å². The molecule has 0 bridgehead atoms. The highest BCUT2D eigenvalue weighted by Crippen LogP contribution is 2.34. The van der Waals surface area contributed by atoms with E-state index in [1.54, 1.807) is 11.8 Å². The van der Waals surface area contributed by atoms with E-state index < -0.39 is 0 Å². The molecule has 0 saturated carbocycles. The van der Waals surface area contributed by atoms with Crippen LogP contribution in [0.2, 0.25) is 0 Å². The van der Waals surface area contributed by atoms with Gasteiger partial charge >= 0.3 is 0 Å².